The first kappa shape index (κ1) is 9.21. The standard InChI is InChI=1S/C11H11FO2/c1-11(2,13)9-6-8(12)5-7-3-4-14-10(7)9/h3-6,13H,1-2H3. The second kappa shape index (κ2) is 2.82. The molecule has 2 nitrogen and oxygen atoms in total. The molecule has 0 saturated carbocycles. The lowest BCUT2D eigenvalue weighted by Crippen LogP contribution is -2.15. The number of fused-ring (bicyclic) bond motifs is 1. The lowest BCUT2D eigenvalue weighted by molar-refractivity contribution is 0.0788. The molecule has 1 N–H and O–H groups in total. The molecule has 2 rings (SSSR count). The molecule has 14 heavy (non-hydrogen) atoms. The Morgan fingerprint density at radius 2 is 2.07 bits per heavy atom. The normalized spacial score (nSPS) is 12.3. The molecular weight excluding hydrogens is 183 g/mol. The van der Waals surface area contributed by atoms with Gasteiger partial charge in [-0.15, -0.1) is 0 Å². The van der Waals surface area contributed by atoms with Gasteiger partial charge in [-0.1, -0.05) is 0 Å². The number of furan rings is 1. The van der Waals surface area contributed by atoms with Crippen LogP contribution in [0.5, 0.6) is 0 Å². The highest BCUT2D eigenvalue weighted by Crippen LogP contribution is 2.29. The minimum atomic E-state index is -1.10. The fraction of sp³-hybridized carbons (Fsp3) is 0.273. The lowest BCUT2D eigenvalue weighted by atomic mass is 9.96. The van der Waals surface area contributed by atoms with Crippen molar-refractivity contribution in [2.24, 2.45) is 0 Å². The molecule has 0 spiro atoms. The average Bonchev–Trinajstić information content (AvgIpc) is 2.47. The van der Waals surface area contributed by atoms with E-state index in [1.807, 2.05) is 0 Å². The summed E-state index contributed by atoms with van der Waals surface area (Å²) in [5, 5.41) is 10.5. The molecule has 0 saturated heterocycles. The van der Waals surface area contributed by atoms with Crippen LogP contribution in [0.3, 0.4) is 0 Å². The molecule has 1 aromatic carbocycles. The van der Waals surface area contributed by atoms with Crippen molar-refractivity contribution in [3.63, 3.8) is 0 Å². The van der Waals surface area contributed by atoms with Crippen LogP contribution in [0.4, 0.5) is 4.39 Å². The maximum atomic E-state index is 13.2. The van der Waals surface area contributed by atoms with E-state index in [0.29, 0.717) is 16.5 Å². The maximum absolute atomic E-state index is 13.2. The van der Waals surface area contributed by atoms with Crippen LogP contribution in [0.2, 0.25) is 0 Å². The first-order valence-corrected chi connectivity index (χ1v) is 4.38. The molecule has 0 bridgehead atoms. The first-order chi connectivity index (χ1) is 6.48. The molecule has 0 aliphatic carbocycles. The Balaban J connectivity index is 2.80. The van der Waals surface area contributed by atoms with Crippen molar-refractivity contribution in [1.29, 1.82) is 0 Å². The van der Waals surface area contributed by atoms with Crippen molar-refractivity contribution < 1.29 is 13.9 Å². The second-order valence-corrected chi connectivity index (χ2v) is 3.85. The Hall–Kier alpha value is -1.35. The predicted molar refractivity (Wildman–Crippen MR) is 51.4 cm³/mol. The number of benzene rings is 1. The zero-order valence-electron chi connectivity index (χ0n) is 8.04. The topological polar surface area (TPSA) is 33.4 Å². The molecule has 0 amide bonds. The molecule has 1 heterocycles. The Morgan fingerprint density at radius 1 is 1.36 bits per heavy atom. The van der Waals surface area contributed by atoms with Gasteiger partial charge in [-0.25, -0.2) is 4.39 Å². The molecule has 3 heteroatoms. The van der Waals surface area contributed by atoms with Gasteiger partial charge in [-0.3, -0.25) is 0 Å². The van der Waals surface area contributed by atoms with Gasteiger partial charge in [0.15, 0.2) is 0 Å². The van der Waals surface area contributed by atoms with Gasteiger partial charge in [-0.05, 0) is 32.0 Å². The third kappa shape index (κ3) is 1.40. The summed E-state index contributed by atoms with van der Waals surface area (Å²) >= 11 is 0. The molecule has 0 fully saturated rings. The minimum absolute atomic E-state index is 0.365. The summed E-state index contributed by atoms with van der Waals surface area (Å²) in [5.74, 6) is -0.365. The van der Waals surface area contributed by atoms with Gasteiger partial charge in [0.2, 0.25) is 0 Å². The van der Waals surface area contributed by atoms with Crippen molar-refractivity contribution in [1.82, 2.24) is 0 Å². The highest BCUT2D eigenvalue weighted by Gasteiger charge is 2.21. The highest BCUT2D eigenvalue weighted by atomic mass is 19.1. The third-order valence-corrected chi connectivity index (χ3v) is 2.18. The number of hydrogen-bond donors (Lipinski definition) is 1. The fourth-order valence-corrected chi connectivity index (χ4v) is 1.50. The van der Waals surface area contributed by atoms with Gasteiger partial charge >= 0.3 is 0 Å². The molecular formula is C11H11FO2. The van der Waals surface area contributed by atoms with E-state index in [2.05, 4.69) is 0 Å². The largest absolute Gasteiger partial charge is 0.464 e. The lowest BCUT2D eigenvalue weighted by Gasteiger charge is -2.17. The predicted octanol–water partition coefficient (Wildman–Crippen LogP) is 2.80. The van der Waals surface area contributed by atoms with Crippen LogP contribution < -0.4 is 0 Å². The number of halogens is 1. The van der Waals surface area contributed by atoms with E-state index in [1.165, 1.54) is 18.4 Å². The van der Waals surface area contributed by atoms with Crippen LogP contribution in [0.1, 0.15) is 19.4 Å². The Kier molecular flexibility index (Phi) is 1.86. The molecule has 0 radical (unpaired) electrons. The Bertz CT molecular complexity index is 466. The van der Waals surface area contributed by atoms with Crippen molar-refractivity contribution in [2.45, 2.75) is 19.4 Å². The summed E-state index contributed by atoms with van der Waals surface area (Å²) in [7, 11) is 0. The molecule has 1 aromatic heterocycles. The summed E-state index contributed by atoms with van der Waals surface area (Å²) in [6.07, 6.45) is 1.49. The fourth-order valence-electron chi connectivity index (χ4n) is 1.50. The quantitative estimate of drug-likeness (QED) is 0.757. The van der Waals surface area contributed by atoms with Crippen molar-refractivity contribution in [3.05, 3.63) is 35.8 Å². The second-order valence-electron chi connectivity index (χ2n) is 3.85. The average molecular weight is 194 g/mol. The van der Waals surface area contributed by atoms with Crippen LogP contribution in [0, 0.1) is 5.82 Å². The zero-order chi connectivity index (χ0) is 10.3. The summed E-state index contributed by atoms with van der Waals surface area (Å²) in [6.45, 7) is 3.20. The summed E-state index contributed by atoms with van der Waals surface area (Å²) < 4.78 is 18.4. The molecule has 74 valence electrons. The number of hydrogen-bond acceptors (Lipinski definition) is 2. The van der Waals surface area contributed by atoms with Crippen LogP contribution in [0.15, 0.2) is 28.9 Å². The minimum Gasteiger partial charge on any atom is -0.464 e. The van der Waals surface area contributed by atoms with Gasteiger partial charge < -0.3 is 9.52 Å². The van der Waals surface area contributed by atoms with Crippen LogP contribution in [-0.4, -0.2) is 5.11 Å². The zero-order valence-corrected chi connectivity index (χ0v) is 8.04. The van der Waals surface area contributed by atoms with Crippen LogP contribution in [-0.2, 0) is 5.60 Å². The van der Waals surface area contributed by atoms with Gasteiger partial charge in [0.25, 0.3) is 0 Å². The smallest absolute Gasteiger partial charge is 0.140 e. The van der Waals surface area contributed by atoms with E-state index in [1.54, 1.807) is 19.9 Å². The molecule has 0 atom stereocenters. The van der Waals surface area contributed by atoms with E-state index in [-0.39, 0.29) is 5.82 Å². The van der Waals surface area contributed by atoms with Gasteiger partial charge in [0, 0.05) is 10.9 Å². The molecule has 0 unspecified atom stereocenters. The van der Waals surface area contributed by atoms with Gasteiger partial charge in [0.05, 0.1) is 11.9 Å². The number of rotatable bonds is 1. The van der Waals surface area contributed by atoms with E-state index < -0.39 is 5.60 Å². The Labute approximate surface area is 81.0 Å². The number of aliphatic hydroxyl groups is 1. The van der Waals surface area contributed by atoms with Crippen molar-refractivity contribution in [3.8, 4) is 0 Å². The van der Waals surface area contributed by atoms with Crippen molar-refractivity contribution in [2.75, 3.05) is 0 Å². The Morgan fingerprint density at radius 3 is 2.71 bits per heavy atom. The van der Waals surface area contributed by atoms with Crippen LogP contribution in [0.25, 0.3) is 11.0 Å². The molecule has 2 aromatic rings. The summed E-state index contributed by atoms with van der Waals surface area (Å²) in [4.78, 5) is 0. The third-order valence-electron chi connectivity index (χ3n) is 2.18. The maximum Gasteiger partial charge on any atom is 0.140 e. The monoisotopic (exact) mass is 194 g/mol. The van der Waals surface area contributed by atoms with Gasteiger partial charge in [0.1, 0.15) is 11.4 Å². The van der Waals surface area contributed by atoms with Crippen LogP contribution >= 0.6 is 0 Å². The highest BCUT2D eigenvalue weighted by molar-refractivity contribution is 5.81. The van der Waals surface area contributed by atoms with E-state index in [4.69, 9.17) is 4.42 Å². The van der Waals surface area contributed by atoms with E-state index in [0.717, 1.165) is 0 Å². The first-order valence-electron chi connectivity index (χ1n) is 4.38. The SMILES string of the molecule is CC(C)(O)c1cc(F)cc2ccoc12. The van der Waals surface area contributed by atoms with Gasteiger partial charge in [-0.2, -0.15) is 0 Å². The molecule has 0 aliphatic rings. The molecule has 0 aliphatic heterocycles. The van der Waals surface area contributed by atoms with E-state index >= 15 is 0 Å². The van der Waals surface area contributed by atoms with Crippen molar-refractivity contribution >= 4 is 11.0 Å². The summed E-state index contributed by atoms with van der Waals surface area (Å²) in [6, 6.07) is 4.35. The summed E-state index contributed by atoms with van der Waals surface area (Å²) in [5.41, 5.74) is -0.0884. The van der Waals surface area contributed by atoms with E-state index in [9.17, 15) is 9.50 Å².